The molecule has 21 heteroatoms. The predicted octanol–water partition coefficient (Wildman–Crippen LogP) is 6.18. The summed E-state index contributed by atoms with van der Waals surface area (Å²) in [6, 6.07) is 20.3. The summed E-state index contributed by atoms with van der Waals surface area (Å²) in [6.45, 7) is 9.51. The van der Waals surface area contributed by atoms with Gasteiger partial charge in [-0.1, -0.05) is 51.1 Å². The lowest BCUT2D eigenvalue weighted by Crippen LogP contribution is -2.58. The number of thiazole rings is 1. The number of ether oxygens (including phenoxy) is 2. The fraction of sp³-hybridized carbons (Fsp3) is 0.411. The summed E-state index contributed by atoms with van der Waals surface area (Å²) in [5.41, 5.74) is 7.64. The number of hydrogen-bond acceptors (Lipinski definition) is 13. The van der Waals surface area contributed by atoms with Crippen molar-refractivity contribution in [2.45, 2.75) is 84.2 Å². The van der Waals surface area contributed by atoms with Crippen LogP contribution in [0.4, 0.5) is 26.0 Å². The lowest BCUT2D eigenvalue weighted by molar-refractivity contribution is -0.145. The van der Waals surface area contributed by atoms with Crippen LogP contribution in [0.15, 0.2) is 84.4 Å². The number of anilines is 3. The van der Waals surface area contributed by atoms with E-state index in [2.05, 4.69) is 41.3 Å². The molecule has 9 rings (SSSR count). The molecule has 0 aliphatic carbocycles. The highest BCUT2D eigenvalue weighted by atomic mass is 32.1. The van der Waals surface area contributed by atoms with Crippen LogP contribution in [0.2, 0.25) is 0 Å². The van der Waals surface area contributed by atoms with E-state index in [0.717, 1.165) is 51.9 Å². The molecule has 1 unspecified atom stereocenters. The SMILES string of the molecule is Cc1ncsc1-c1ccc(CNC(=O)[C@@H]2C[C@@H](O)CN2C(=O)C(NC(=O)COCC(=O)N2CCN(c3ccc(C(=O)Nc4n[nH]c5ccc(Cc6cc(F)cc(F)c6)cc45)c(NC4CCOCC4)c3)CC2)C(C)(C)C)cc1. The van der Waals surface area contributed by atoms with E-state index in [9.17, 15) is 37.9 Å². The molecule has 3 fully saturated rings. The van der Waals surface area contributed by atoms with E-state index < -0.39 is 65.5 Å². The molecule has 6 N–H and O–H groups in total. The Kier molecular flexibility index (Phi) is 16.9. The standard InChI is InChI=1S/C56H64F2N10O8S/c1-33-50(77-32-60-33)37-8-5-34(6-9-37)28-59-54(73)47-27-42(69)29-68(47)55(74)51(56(2,3)4)62-48(70)30-76-31-49(71)67-17-15-66(16-18-67)41-10-11-43(46(26-41)61-40-13-19-75-20-14-40)53(72)63-52-44-24-35(7-12-45(44)64-65-52)21-36-22-38(57)25-39(58)23-36/h5-12,22-26,32,40,42,47,51,61,69H,13-21,27-31H2,1-4H3,(H,59,73)(H,62,70)(H2,63,64,65,72)/t42-,47+,51?/m1/s1. The van der Waals surface area contributed by atoms with E-state index in [1.165, 1.54) is 17.0 Å². The van der Waals surface area contributed by atoms with Gasteiger partial charge in [0.2, 0.25) is 23.6 Å². The molecule has 0 spiro atoms. The van der Waals surface area contributed by atoms with Crippen molar-refractivity contribution in [1.82, 2.24) is 35.6 Å². The van der Waals surface area contributed by atoms with Crippen LogP contribution in [0.25, 0.3) is 21.3 Å². The first-order valence-electron chi connectivity index (χ1n) is 25.8. The van der Waals surface area contributed by atoms with Crippen LogP contribution >= 0.6 is 11.3 Å². The van der Waals surface area contributed by atoms with Gasteiger partial charge < -0.3 is 50.5 Å². The van der Waals surface area contributed by atoms with Crippen LogP contribution in [-0.4, -0.2) is 143 Å². The summed E-state index contributed by atoms with van der Waals surface area (Å²) in [4.78, 5) is 79.0. The average molecular weight is 1080 g/mol. The van der Waals surface area contributed by atoms with E-state index in [1.54, 1.807) is 54.7 Å². The summed E-state index contributed by atoms with van der Waals surface area (Å²) >= 11 is 1.56. The Morgan fingerprint density at radius 1 is 0.896 bits per heavy atom. The maximum absolute atomic E-state index is 14.1. The van der Waals surface area contributed by atoms with Crippen LogP contribution in [0, 0.1) is 24.0 Å². The molecule has 0 radical (unpaired) electrons. The summed E-state index contributed by atoms with van der Waals surface area (Å²) in [6.07, 6.45) is 0.903. The maximum atomic E-state index is 14.1. The highest BCUT2D eigenvalue weighted by Crippen LogP contribution is 2.32. The van der Waals surface area contributed by atoms with Crippen molar-refractivity contribution in [1.29, 1.82) is 0 Å². The van der Waals surface area contributed by atoms with E-state index >= 15 is 0 Å². The highest BCUT2D eigenvalue weighted by Gasteiger charge is 2.44. The number of hydrogen-bond donors (Lipinski definition) is 6. The van der Waals surface area contributed by atoms with Crippen LogP contribution in [0.3, 0.4) is 0 Å². The zero-order valence-corrected chi connectivity index (χ0v) is 44.3. The van der Waals surface area contributed by atoms with Crippen LogP contribution < -0.4 is 26.2 Å². The zero-order valence-electron chi connectivity index (χ0n) is 43.5. The number of likely N-dealkylation sites (tertiary alicyclic amines) is 1. The third-order valence-electron chi connectivity index (χ3n) is 14.2. The summed E-state index contributed by atoms with van der Waals surface area (Å²) in [5.74, 6) is -3.24. The maximum Gasteiger partial charge on any atom is 0.258 e. The molecule has 406 valence electrons. The molecule has 3 aliphatic heterocycles. The normalized spacial score (nSPS) is 17.6. The van der Waals surface area contributed by atoms with Gasteiger partial charge in [-0.2, -0.15) is 5.10 Å². The molecule has 4 aromatic carbocycles. The van der Waals surface area contributed by atoms with E-state index in [-0.39, 0.29) is 44.5 Å². The molecule has 3 atom stereocenters. The monoisotopic (exact) mass is 1070 g/mol. The number of aliphatic hydroxyl groups is 1. The number of nitrogens with one attached hydrogen (secondary N) is 5. The number of aromatic amines is 1. The van der Waals surface area contributed by atoms with E-state index in [0.29, 0.717) is 72.9 Å². The Labute approximate surface area is 448 Å². The molecule has 77 heavy (non-hydrogen) atoms. The molecular weight excluding hydrogens is 1010 g/mol. The number of aromatic nitrogens is 3. The summed E-state index contributed by atoms with van der Waals surface area (Å²) in [5, 5.41) is 30.8. The smallest absolute Gasteiger partial charge is 0.258 e. The number of carbonyl (C=O) groups is 5. The molecule has 5 amide bonds. The fourth-order valence-electron chi connectivity index (χ4n) is 10.0. The van der Waals surface area contributed by atoms with E-state index in [4.69, 9.17) is 9.47 Å². The summed E-state index contributed by atoms with van der Waals surface area (Å²) in [7, 11) is 0. The van der Waals surface area contributed by atoms with Gasteiger partial charge >= 0.3 is 0 Å². The van der Waals surface area contributed by atoms with Crippen LogP contribution in [0.5, 0.6) is 0 Å². The van der Waals surface area contributed by atoms with E-state index in [1.807, 2.05) is 55.5 Å². The second-order valence-electron chi connectivity index (χ2n) is 20.9. The van der Waals surface area contributed by atoms with Crippen molar-refractivity contribution in [3.05, 3.63) is 124 Å². The Bertz CT molecular complexity index is 3090. The Balaban J connectivity index is 0.768. The van der Waals surface area contributed by atoms with Crippen molar-refractivity contribution in [3.63, 3.8) is 0 Å². The van der Waals surface area contributed by atoms with Crippen molar-refractivity contribution in [3.8, 4) is 10.4 Å². The molecule has 3 saturated heterocycles. The second-order valence-corrected chi connectivity index (χ2v) is 21.8. The number of piperazine rings is 1. The number of fused-ring (bicyclic) bond motifs is 1. The largest absolute Gasteiger partial charge is 0.391 e. The minimum absolute atomic E-state index is 0.0496. The number of benzene rings is 4. The minimum Gasteiger partial charge on any atom is -0.391 e. The molecule has 5 heterocycles. The van der Waals surface area contributed by atoms with Gasteiger partial charge in [-0.25, -0.2) is 13.8 Å². The number of carbonyl (C=O) groups excluding carboxylic acids is 5. The number of aryl methyl sites for hydroxylation is 1. The third-order valence-corrected chi connectivity index (χ3v) is 15.2. The van der Waals surface area contributed by atoms with Gasteiger partial charge in [0.25, 0.3) is 5.91 Å². The van der Waals surface area contributed by atoms with Crippen molar-refractivity contribution in [2.75, 3.05) is 74.7 Å². The Morgan fingerprint density at radius 3 is 2.32 bits per heavy atom. The van der Waals surface area contributed by atoms with Crippen molar-refractivity contribution >= 4 is 69.0 Å². The lowest BCUT2D eigenvalue weighted by Gasteiger charge is -2.36. The molecule has 3 aliphatic rings. The van der Waals surface area contributed by atoms with Crippen LogP contribution in [0.1, 0.15) is 72.8 Å². The van der Waals surface area contributed by atoms with Gasteiger partial charge in [0.15, 0.2) is 5.82 Å². The molecular formula is C56H64F2N10O8S. The number of nitrogens with zero attached hydrogens (tertiary/aromatic N) is 5. The zero-order chi connectivity index (χ0) is 54.4. The quantitative estimate of drug-likeness (QED) is 0.0603. The Morgan fingerprint density at radius 2 is 1.62 bits per heavy atom. The topological polar surface area (TPSA) is 223 Å². The number of halogens is 2. The van der Waals surface area contributed by atoms with Gasteiger partial charge in [-0.15, -0.1) is 11.3 Å². The number of amides is 5. The molecule has 0 bridgehead atoms. The molecule has 18 nitrogen and oxygen atoms in total. The number of H-pyrrole nitrogens is 1. The highest BCUT2D eigenvalue weighted by molar-refractivity contribution is 7.13. The van der Waals surface area contributed by atoms with Gasteiger partial charge in [0.05, 0.1) is 33.3 Å². The van der Waals surface area contributed by atoms with Crippen molar-refractivity contribution < 1.29 is 47.3 Å². The predicted molar refractivity (Wildman–Crippen MR) is 288 cm³/mol. The average Bonchev–Trinajstić information content (AvgIpc) is 4.15. The summed E-state index contributed by atoms with van der Waals surface area (Å²) < 4.78 is 39.1. The third kappa shape index (κ3) is 13.4. The second kappa shape index (κ2) is 23.9. The minimum atomic E-state index is -1.07. The van der Waals surface area contributed by atoms with Gasteiger partial charge in [-0.3, -0.25) is 29.1 Å². The molecule has 6 aromatic rings. The fourth-order valence-corrected chi connectivity index (χ4v) is 10.8. The van der Waals surface area contributed by atoms with Crippen LogP contribution in [-0.2, 0) is 41.6 Å². The van der Waals surface area contributed by atoms with Crippen molar-refractivity contribution in [2.24, 2.45) is 5.41 Å². The first-order valence-corrected chi connectivity index (χ1v) is 26.7. The molecule has 0 saturated carbocycles. The first-order chi connectivity index (χ1) is 36.9. The van der Waals surface area contributed by atoms with Gasteiger partial charge in [0, 0.05) is 87.8 Å². The number of aliphatic hydroxyl groups excluding tert-OH is 1. The Hall–Kier alpha value is -7.33. The number of rotatable bonds is 17. The lowest BCUT2D eigenvalue weighted by atomic mass is 9.85. The number of β-amino-alcohol motifs (C(OH)–C–C–N with tert-alkyl or cyclic N) is 1. The van der Waals surface area contributed by atoms with Gasteiger partial charge in [-0.05, 0) is 96.3 Å². The molecule has 2 aromatic heterocycles. The first kappa shape index (κ1) is 54.5. The van der Waals surface area contributed by atoms with Gasteiger partial charge in [0.1, 0.15) is 36.9 Å².